The normalized spacial score (nSPS) is 14.5. The van der Waals surface area contributed by atoms with Crippen molar-refractivity contribution in [3.63, 3.8) is 0 Å². The van der Waals surface area contributed by atoms with Gasteiger partial charge >= 0.3 is 0 Å². The first-order valence-electron chi connectivity index (χ1n) is 9.19. The maximum absolute atomic E-state index is 12.5. The number of sulfonamides is 1. The van der Waals surface area contributed by atoms with E-state index >= 15 is 0 Å². The van der Waals surface area contributed by atoms with Gasteiger partial charge in [0.15, 0.2) is 0 Å². The summed E-state index contributed by atoms with van der Waals surface area (Å²) in [6, 6.07) is 13.3. The molecule has 0 radical (unpaired) electrons. The molecule has 5 nitrogen and oxygen atoms in total. The first-order chi connectivity index (χ1) is 12.7. The van der Waals surface area contributed by atoms with Crippen LogP contribution < -0.4 is 9.62 Å². The van der Waals surface area contributed by atoms with E-state index in [9.17, 15) is 13.2 Å². The van der Waals surface area contributed by atoms with Crippen LogP contribution in [-0.4, -0.2) is 27.1 Å². The van der Waals surface area contributed by atoms with Crippen LogP contribution in [0, 0.1) is 6.92 Å². The number of anilines is 1. The molecule has 0 spiro atoms. The van der Waals surface area contributed by atoms with E-state index in [2.05, 4.69) is 17.4 Å². The molecule has 0 fully saturated rings. The molecule has 1 aliphatic carbocycles. The van der Waals surface area contributed by atoms with Gasteiger partial charge in [-0.1, -0.05) is 35.9 Å². The molecule has 1 unspecified atom stereocenters. The average Bonchev–Trinajstić information content (AvgIpc) is 3.07. The summed E-state index contributed by atoms with van der Waals surface area (Å²) in [6.45, 7) is 3.61. The molecular weight excluding hydrogens is 360 g/mol. The van der Waals surface area contributed by atoms with Crippen LogP contribution in [0.15, 0.2) is 42.5 Å². The minimum Gasteiger partial charge on any atom is -0.348 e. The maximum Gasteiger partial charge on any atom is 0.241 e. The van der Waals surface area contributed by atoms with Crippen LogP contribution in [0.2, 0.25) is 0 Å². The van der Waals surface area contributed by atoms with Crippen LogP contribution in [0.3, 0.4) is 0 Å². The molecule has 6 heteroatoms. The van der Waals surface area contributed by atoms with Crippen molar-refractivity contribution in [3.05, 3.63) is 64.7 Å². The maximum atomic E-state index is 12.5. The number of nitrogens with one attached hydrogen (secondary N) is 1. The number of carbonyl (C=O) groups is 1. The topological polar surface area (TPSA) is 66.5 Å². The fraction of sp³-hybridized carbons (Fsp3) is 0.381. The van der Waals surface area contributed by atoms with E-state index in [1.165, 1.54) is 17.5 Å². The van der Waals surface area contributed by atoms with Gasteiger partial charge in [-0.05, 0) is 61.9 Å². The molecule has 1 N–H and O–H groups in total. The van der Waals surface area contributed by atoms with E-state index in [0.29, 0.717) is 5.69 Å². The smallest absolute Gasteiger partial charge is 0.241 e. The highest BCUT2D eigenvalue weighted by Crippen LogP contribution is 2.25. The lowest BCUT2D eigenvalue weighted by atomic mass is 10.0. The number of hydrogen-bond acceptors (Lipinski definition) is 3. The van der Waals surface area contributed by atoms with E-state index in [0.717, 1.165) is 34.5 Å². The van der Waals surface area contributed by atoms with Crippen molar-refractivity contribution >= 4 is 21.6 Å². The Hall–Kier alpha value is -2.34. The largest absolute Gasteiger partial charge is 0.348 e. The van der Waals surface area contributed by atoms with Crippen molar-refractivity contribution in [2.75, 3.05) is 17.1 Å². The second-order valence-corrected chi connectivity index (χ2v) is 9.18. The Morgan fingerprint density at radius 3 is 2.44 bits per heavy atom. The van der Waals surface area contributed by atoms with Crippen molar-refractivity contribution in [1.82, 2.24) is 5.32 Å². The van der Waals surface area contributed by atoms with Gasteiger partial charge in [-0.15, -0.1) is 0 Å². The molecule has 1 amide bonds. The monoisotopic (exact) mass is 386 g/mol. The fourth-order valence-electron chi connectivity index (χ4n) is 3.47. The summed E-state index contributed by atoms with van der Waals surface area (Å²) in [5.41, 5.74) is 5.31. The number of benzene rings is 2. The van der Waals surface area contributed by atoms with Crippen molar-refractivity contribution in [3.8, 4) is 0 Å². The van der Waals surface area contributed by atoms with Gasteiger partial charge in [0, 0.05) is 0 Å². The molecule has 0 bridgehead atoms. The van der Waals surface area contributed by atoms with E-state index < -0.39 is 10.0 Å². The summed E-state index contributed by atoms with van der Waals surface area (Å²) in [7, 11) is -3.56. The molecule has 2 aromatic carbocycles. The minimum absolute atomic E-state index is 0.178. The Morgan fingerprint density at radius 2 is 1.78 bits per heavy atom. The van der Waals surface area contributed by atoms with E-state index in [1.54, 1.807) is 12.1 Å². The zero-order valence-electron chi connectivity index (χ0n) is 16.0. The second kappa shape index (κ2) is 7.72. The van der Waals surface area contributed by atoms with Gasteiger partial charge in [0.2, 0.25) is 15.9 Å². The van der Waals surface area contributed by atoms with Crippen LogP contribution in [0.5, 0.6) is 0 Å². The standard InChI is InChI=1S/C21H26N2O3S/c1-15-7-11-20(12-8-15)23(27(3,25)26)14-21(24)22-16(2)18-10-9-17-5-4-6-19(17)13-18/h7-13,16H,4-6,14H2,1-3H3,(H,22,24). The predicted octanol–water partition coefficient (Wildman–Crippen LogP) is 3.13. The number of carbonyl (C=O) groups excluding carboxylic acids is 1. The van der Waals surface area contributed by atoms with Crippen LogP contribution in [0.25, 0.3) is 0 Å². The van der Waals surface area contributed by atoms with Gasteiger partial charge in [0.1, 0.15) is 6.54 Å². The lowest BCUT2D eigenvalue weighted by molar-refractivity contribution is -0.120. The number of fused-ring (bicyclic) bond motifs is 1. The Balaban J connectivity index is 1.71. The van der Waals surface area contributed by atoms with E-state index in [-0.39, 0.29) is 18.5 Å². The van der Waals surface area contributed by atoms with Crippen molar-refractivity contribution in [1.29, 1.82) is 0 Å². The second-order valence-electron chi connectivity index (χ2n) is 7.28. The molecule has 0 saturated heterocycles. The van der Waals surface area contributed by atoms with Gasteiger partial charge in [0.05, 0.1) is 18.0 Å². The lowest BCUT2D eigenvalue weighted by Gasteiger charge is -2.23. The molecule has 3 rings (SSSR count). The molecular formula is C21H26N2O3S. The summed E-state index contributed by atoms with van der Waals surface area (Å²) in [5, 5.41) is 2.93. The SMILES string of the molecule is Cc1ccc(N(CC(=O)NC(C)c2ccc3c(c2)CCC3)S(C)(=O)=O)cc1. The van der Waals surface area contributed by atoms with Crippen molar-refractivity contribution in [2.45, 2.75) is 39.2 Å². The van der Waals surface area contributed by atoms with Crippen LogP contribution in [-0.2, 0) is 27.7 Å². The Bertz CT molecular complexity index is 936. The zero-order chi connectivity index (χ0) is 19.6. The van der Waals surface area contributed by atoms with Crippen molar-refractivity contribution in [2.24, 2.45) is 0 Å². The first-order valence-corrected chi connectivity index (χ1v) is 11.0. The van der Waals surface area contributed by atoms with E-state index in [4.69, 9.17) is 0 Å². The predicted molar refractivity (Wildman–Crippen MR) is 108 cm³/mol. The molecule has 1 atom stereocenters. The van der Waals surface area contributed by atoms with Gasteiger partial charge in [0.25, 0.3) is 0 Å². The molecule has 27 heavy (non-hydrogen) atoms. The number of hydrogen-bond donors (Lipinski definition) is 1. The summed E-state index contributed by atoms with van der Waals surface area (Å²) < 4.78 is 25.5. The number of amides is 1. The minimum atomic E-state index is -3.56. The quantitative estimate of drug-likeness (QED) is 0.829. The lowest BCUT2D eigenvalue weighted by Crippen LogP contribution is -2.41. The number of nitrogens with zero attached hydrogens (tertiary/aromatic N) is 1. The molecule has 2 aromatic rings. The Kier molecular flexibility index (Phi) is 5.56. The van der Waals surface area contributed by atoms with Gasteiger partial charge in [-0.25, -0.2) is 8.42 Å². The molecule has 0 heterocycles. The highest BCUT2D eigenvalue weighted by molar-refractivity contribution is 7.92. The Morgan fingerprint density at radius 1 is 1.11 bits per heavy atom. The summed E-state index contributed by atoms with van der Waals surface area (Å²) in [6.07, 6.45) is 4.50. The van der Waals surface area contributed by atoms with Crippen LogP contribution >= 0.6 is 0 Å². The number of aryl methyl sites for hydroxylation is 3. The highest BCUT2D eigenvalue weighted by Gasteiger charge is 2.22. The summed E-state index contributed by atoms with van der Waals surface area (Å²) in [4.78, 5) is 12.5. The molecule has 0 aliphatic heterocycles. The summed E-state index contributed by atoms with van der Waals surface area (Å²) >= 11 is 0. The molecule has 144 valence electrons. The van der Waals surface area contributed by atoms with Crippen LogP contribution in [0.4, 0.5) is 5.69 Å². The zero-order valence-corrected chi connectivity index (χ0v) is 16.8. The third kappa shape index (κ3) is 4.69. The first kappa shape index (κ1) is 19.4. The van der Waals surface area contributed by atoms with Gasteiger partial charge < -0.3 is 5.32 Å². The number of rotatable bonds is 6. The van der Waals surface area contributed by atoms with Gasteiger partial charge in [-0.2, -0.15) is 0 Å². The van der Waals surface area contributed by atoms with Gasteiger partial charge in [-0.3, -0.25) is 9.10 Å². The average molecular weight is 387 g/mol. The third-order valence-electron chi connectivity index (χ3n) is 5.01. The van der Waals surface area contributed by atoms with Crippen molar-refractivity contribution < 1.29 is 13.2 Å². The van der Waals surface area contributed by atoms with E-state index in [1.807, 2.05) is 32.0 Å². The Labute approximate surface area is 161 Å². The molecule has 0 saturated carbocycles. The highest BCUT2D eigenvalue weighted by atomic mass is 32.2. The molecule has 1 aliphatic rings. The summed E-state index contributed by atoms with van der Waals surface area (Å²) in [5.74, 6) is -0.325. The third-order valence-corrected chi connectivity index (χ3v) is 6.15. The fourth-order valence-corrected chi connectivity index (χ4v) is 4.33. The van der Waals surface area contributed by atoms with Crippen LogP contribution in [0.1, 0.15) is 41.6 Å². The molecule has 0 aromatic heterocycles.